The van der Waals surface area contributed by atoms with Gasteiger partial charge in [0.15, 0.2) is 0 Å². The van der Waals surface area contributed by atoms with Crippen LogP contribution in [0.1, 0.15) is 25.1 Å². The lowest BCUT2D eigenvalue weighted by molar-refractivity contribution is 0.178. The molecule has 9 nitrogen and oxygen atoms in total. The Morgan fingerprint density at radius 2 is 2.14 bits per heavy atom. The Labute approximate surface area is 163 Å². The number of rotatable bonds is 5. The van der Waals surface area contributed by atoms with E-state index in [2.05, 4.69) is 30.4 Å². The number of nitrogens with one attached hydrogen (secondary N) is 1. The van der Waals surface area contributed by atoms with Gasteiger partial charge >= 0.3 is 6.03 Å². The Morgan fingerprint density at radius 3 is 2.86 bits per heavy atom. The first-order chi connectivity index (χ1) is 13.7. The van der Waals surface area contributed by atoms with Crippen LogP contribution in [0.2, 0.25) is 0 Å². The van der Waals surface area contributed by atoms with Crippen LogP contribution in [0.4, 0.5) is 10.5 Å². The van der Waals surface area contributed by atoms with Gasteiger partial charge in [0, 0.05) is 37.7 Å². The van der Waals surface area contributed by atoms with Crippen molar-refractivity contribution in [2.24, 2.45) is 5.92 Å². The number of likely N-dealkylation sites (tertiary alicyclic amines) is 1. The number of imidazole rings is 1. The highest BCUT2D eigenvalue weighted by Gasteiger charge is 2.23. The molecular weight excluding hydrogens is 356 g/mol. The third kappa shape index (κ3) is 4.19. The summed E-state index contributed by atoms with van der Waals surface area (Å²) in [4.78, 5) is 18.8. The predicted octanol–water partition coefficient (Wildman–Crippen LogP) is 2.50. The monoisotopic (exact) mass is 380 g/mol. The number of nitrogens with zero attached hydrogens (tertiary/aromatic N) is 7. The highest BCUT2D eigenvalue weighted by molar-refractivity contribution is 5.89. The number of aryl methyl sites for hydroxylation is 2. The molecule has 3 aromatic rings. The zero-order valence-electron chi connectivity index (χ0n) is 15.9. The van der Waals surface area contributed by atoms with E-state index in [0.29, 0.717) is 5.92 Å². The SMILES string of the molecule is Cc1nccn1CCC1CCN(C(=O)Nc2cccc(-n3cnnn3)c2)CC1. The molecule has 1 aromatic carbocycles. The molecule has 3 heterocycles. The highest BCUT2D eigenvalue weighted by Crippen LogP contribution is 2.22. The van der Waals surface area contributed by atoms with E-state index in [1.54, 1.807) is 4.68 Å². The van der Waals surface area contributed by atoms with Crippen LogP contribution in [0.15, 0.2) is 43.0 Å². The quantitative estimate of drug-likeness (QED) is 0.734. The molecule has 1 aliphatic rings. The third-order valence-electron chi connectivity index (χ3n) is 5.31. The number of anilines is 1. The molecule has 1 N–H and O–H groups in total. The first-order valence-corrected chi connectivity index (χ1v) is 9.56. The largest absolute Gasteiger partial charge is 0.335 e. The summed E-state index contributed by atoms with van der Waals surface area (Å²) in [6.45, 7) is 4.59. The molecule has 2 aromatic heterocycles. The second-order valence-corrected chi connectivity index (χ2v) is 7.12. The van der Waals surface area contributed by atoms with Gasteiger partial charge < -0.3 is 14.8 Å². The maximum atomic E-state index is 12.6. The fraction of sp³-hybridized carbons (Fsp3) is 0.421. The molecule has 1 aliphatic heterocycles. The van der Waals surface area contributed by atoms with Crippen molar-refractivity contribution in [3.8, 4) is 5.69 Å². The van der Waals surface area contributed by atoms with Crippen LogP contribution in [0, 0.1) is 12.8 Å². The second kappa shape index (κ2) is 8.20. The zero-order valence-corrected chi connectivity index (χ0v) is 15.9. The minimum atomic E-state index is -0.0576. The van der Waals surface area contributed by atoms with E-state index in [1.807, 2.05) is 48.5 Å². The van der Waals surface area contributed by atoms with Crippen LogP contribution in [0.25, 0.3) is 5.69 Å². The maximum absolute atomic E-state index is 12.6. The van der Waals surface area contributed by atoms with Gasteiger partial charge in [-0.25, -0.2) is 14.5 Å². The Balaban J connectivity index is 1.27. The molecule has 146 valence electrons. The summed E-state index contributed by atoms with van der Waals surface area (Å²) in [5.74, 6) is 1.70. The van der Waals surface area contributed by atoms with Crippen molar-refractivity contribution in [3.05, 3.63) is 48.8 Å². The van der Waals surface area contributed by atoms with Crippen LogP contribution in [-0.4, -0.2) is 53.8 Å². The fourth-order valence-electron chi connectivity index (χ4n) is 3.59. The lowest BCUT2D eigenvalue weighted by Gasteiger charge is -2.32. The standard InChI is InChI=1S/C19H24N8O/c1-15-20-8-12-25(15)9-5-16-6-10-26(11-7-16)19(28)22-17-3-2-4-18(13-17)27-14-21-23-24-27/h2-4,8,12-14,16H,5-7,9-11H2,1H3,(H,22,28). The molecule has 9 heteroatoms. The summed E-state index contributed by atoms with van der Waals surface area (Å²) in [6, 6.07) is 7.43. The van der Waals surface area contributed by atoms with Crippen molar-refractivity contribution in [3.63, 3.8) is 0 Å². The average Bonchev–Trinajstić information content (AvgIpc) is 3.39. The van der Waals surface area contributed by atoms with E-state index in [9.17, 15) is 4.79 Å². The number of hydrogen-bond donors (Lipinski definition) is 1. The molecule has 0 spiro atoms. The number of urea groups is 1. The van der Waals surface area contributed by atoms with Gasteiger partial charge in [-0.05, 0) is 60.7 Å². The number of hydrogen-bond acceptors (Lipinski definition) is 5. The lowest BCUT2D eigenvalue weighted by Crippen LogP contribution is -2.41. The molecule has 4 rings (SSSR count). The number of benzene rings is 1. The average molecular weight is 380 g/mol. The normalized spacial score (nSPS) is 15.0. The molecule has 0 aliphatic carbocycles. The first-order valence-electron chi connectivity index (χ1n) is 9.56. The van der Waals surface area contributed by atoms with E-state index in [1.165, 1.54) is 6.33 Å². The van der Waals surface area contributed by atoms with Gasteiger partial charge in [0.1, 0.15) is 12.2 Å². The first kappa shape index (κ1) is 18.1. The van der Waals surface area contributed by atoms with E-state index in [4.69, 9.17) is 0 Å². The molecule has 2 amide bonds. The van der Waals surface area contributed by atoms with Gasteiger partial charge in [-0.3, -0.25) is 0 Å². The molecule has 0 saturated carbocycles. The number of aromatic nitrogens is 6. The van der Waals surface area contributed by atoms with Gasteiger partial charge in [-0.2, -0.15) is 0 Å². The third-order valence-corrected chi connectivity index (χ3v) is 5.31. The van der Waals surface area contributed by atoms with Gasteiger partial charge in [0.25, 0.3) is 0 Å². The number of amides is 2. The lowest BCUT2D eigenvalue weighted by atomic mass is 9.93. The van der Waals surface area contributed by atoms with Crippen molar-refractivity contribution >= 4 is 11.7 Å². The van der Waals surface area contributed by atoms with Crippen LogP contribution in [0.3, 0.4) is 0 Å². The molecule has 0 unspecified atom stereocenters. The van der Waals surface area contributed by atoms with Gasteiger partial charge in [0.05, 0.1) is 5.69 Å². The summed E-state index contributed by atoms with van der Waals surface area (Å²) in [6.07, 6.45) is 8.59. The molecule has 0 bridgehead atoms. The summed E-state index contributed by atoms with van der Waals surface area (Å²) in [5, 5.41) is 14.1. The number of piperidine rings is 1. The van der Waals surface area contributed by atoms with Crippen LogP contribution >= 0.6 is 0 Å². The van der Waals surface area contributed by atoms with E-state index < -0.39 is 0 Å². The van der Waals surface area contributed by atoms with Gasteiger partial charge in [0.2, 0.25) is 0 Å². The fourth-order valence-corrected chi connectivity index (χ4v) is 3.59. The van der Waals surface area contributed by atoms with Crippen LogP contribution in [0.5, 0.6) is 0 Å². The predicted molar refractivity (Wildman–Crippen MR) is 104 cm³/mol. The van der Waals surface area contributed by atoms with Crippen LogP contribution < -0.4 is 5.32 Å². The summed E-state index contributed by atoms with van der Waals surface area (Å²) in [7, 11) is 0. The minimum Gasteiger partial charge on any atom is -0.335 e. The van der Waals surface area contributed by atoms with Crippen molar-refractivity contribution in [2.75, 3.05) is 18.4 Å². The summed E-state index contributed by atoms with van der Waals surface area (Å²) in [5.41, 5.74) is 1.53. The number of carbonyl (C=O) groups is 1. The van der Waals surface area contributed by atoms with E-state index in [0.717, 1.165) is 56.1 Å². The minimum absolute atomic E-state index is 0.0576. The smallest absolute Gasteiger partial charge is 0.321 e. The van der Waals surface area contributed by atoms with Crippen molar-refractivity contribution in [1.82, 2.24) is 34.7 Å². The summed E-state index contributed by atoms with van der Waals surface area (Å²) >= 11 is 0. The van der Waals surface area contributed by atoms with E-state index >= 15 is 0 Å². The Morgan fingerprint density at radius 1 is 1.29 bits per heavy atom. The molecule has 28 heavy (non-hydrogen) atoms. The summed E-state index contributed by atoms with van der Waals surface area (Å²) < 4.78 is 3.75. The number of tetrazole rings is 1. The Bertz CT molecular complexity index is 912. The molecular formula is C19H24N8O. The molecule has 1 fully saturated rings. The van der Waals surface area contributed by atoms with Crippen molar-refractivity contribution in [1.29, 1.82) is 0 Å². The van der Waals surface area contributed by atoms with E-state index in [-0.39, 0.29) is 6.03 Å². The topological polar surface area (TPSA) is 93.8 Å². The molecule has 1 saturated heterocycles. The van der Waals surface area contributed by atoms with Gasteiger partial charge in [-0.1, -0.05) is 6.07 Å². The highest BCUT2D eigenvalue weighted by atomic mass is 16.2. The number of carbonyl (C=O) groups excluding carboxylic acids is 1. The zero-order chi connectivity index (χ0) is 19.3. The Kier molecular flexibility index (Phi) is 5.31. The molecule has 0 atom stereocenters. The maximum Gasteiger partial charge on any atom is 0.321 e. The van der Waals surface area contributed by atoms with Gasteiger partial charge in [-0.15, -0.1) is 5.10 Å². The van der Waals surface area contributed by atoms with Crippen molar-refractivity contribution < 1.29 is 4.79 Å². The van der Waals surface area contributed by atoms with Crippen molar-refractivity contribution in [2.45, 2.75) is 32.7 Å². The second-order valence-electron chi connectivity index (χ2n) is 7.12. The van der Waals surface area contributed by atoms with Crippen LogP contribution in [-0.2, 0) is 6.54 Å². The molecule has 0 radical (unpaired) electrons. The Hall–Kier alpha value is -3.23.